The van der Waals surface area contributed by atoms with E-state index in [1.165, 1.54) is 64.2 Å². The lowest BCUT2D eigenvalue weighted by Crippen LogP contribution is -2.45. The highest BCUT2D eigenvalue weighted by atomic mass is 31.2. The summed E-state index contributed by atoms with van der Waals surface area (Å²) in [6.45, 7) is 4.48. The topological polar surface area (TPSA) is 108 Å². The molecule has 0 aromatic carbocycles. The number of rotatable bonds is 43. The Balaban J connectivity index is 4.26. The molecule has 0 spiro atoms. The zero-order valence-corrected chi connectivity index (χ0v) is 41.2. The van der Waals surface area contributed by atoms with Gasteiger partial charge in [0.15, 0.2) is 0 Å². The summed E-state index contributed by atoms with van der Waals surface area (Å²) in [4.78, 5) is 25.3. The highest BCUT2D eigenvalue weighted by Gasteiger charge is 2.23. The fraction of sp³-hybridized carbons (Fsp3) is 0.679. The van der Waals surface area contributed by atoms with Crippen molar-refractivity contribution in [2.45, 2.75) is 193 Å². The third-order valence-electron chi connectivity index (χ3n) is 10.3. The summed E-state index contributed by atoms with van der Waals surface area (Å²) in [6.07, 6.45) is 61.8. The monoisotopic (exact) mass is 885 g/mol. The Labute approximate surface area is 381 Å². The average Bonchev–Trinajstić information content (AvgIpc) is 3.23. The molecule has 3 atom stereocenters. The Morgan fingerprint density at radius 3 is 1.44 bits per heavy atom. The first-order valence-corrected chi connectivity index (χ1v) is 26.1. The first-order valence-electron chi connectivity index (χ1n) is 24.6. The van der Waals surface area contributed by atoms with Gasteiger partial charge in [0.25, 0.3) is 7.82 Å². The van der Waals surface area contributed by atoms with Crippen LogP contribution in [0.1, 0.15) is 181 Å². The quantitative estimate of drug-likeness (QED) is 0.0273. The molecule has 0 saturated heterocycles. The molecule has 0 radical (unpaired) electrons. The third kappa shape index (κ3) is 45.4. The minimum Gasteiger partial charge on any atom is -0.756 e. The lowest BCUT2D eigenvalue weighted by molar-refractivity contribution is -0.870. The fourth-order valence-electron chi connectivity index (χ4n) is 6.42. The molecule has 0 aliphatic heterocycles. The summed E-state index contributed by atoms with van der Waals surface area (Å²) < 4.78 is 23.2. The molecule has 9 heteroatoms. The molecule has 8 nitrogen and oxygen atoms in total. The van der Waals surface area contributed by atoms with Gasteiger partial charge in [0.05, 0.1) is 39.9 Å². The van der Waals surface area contributed by atoms with Gasteiger partial charge in [-0.1, -0.05) is 195 Å². The van der Waals surface area contributed by atoms with E-state index in [0.29, 0.717) is 17.4 Å². The summed E-state index contributed by atoms with van der Waals surface area (Å²) in [5.41, 5.74) is 0. The molecule has 0 aliphatic rings. The first-order chi connectivity index (χ1) is 30.0. The van der Waals surface area contributed by atoms with Crippen LogP contribution in [-0.2, 0) is 18.4 Å². The van der Waals surface area contributed by atoms with Crippen LogP contribution in [0.4, 0.5) is 0 Å². The Kier molecular flexibility index (Phi) is 41.8. The number of carbonyl (C=O) groups excluding carboxylic acids is 1. The van der Waals surface area contributed by atoms with Crippen molar-refractivity contribution in [1.29, 1.82) is 0 Å². The summed E-state index contributed by atoms with van der Waals surface area (Å²) in [5.74, 6) is -0.215. The molecule has 2 N–H and O–H groups in total. The van der Waals surface area contributed by atoms with E-state index in [4.69, 9.17) is 9.05 Å². The molecule has 356 valence electrons. The number of unbranched alkanes of at least 4 members (excludes halogenated alkanes) is 16. The molecular weight excluding hydrogens is 792 g/mol. The Morgan fingerprint density at radius 1 is 0.581 bits per heavy atom. The molecular formula is C53H93N2O6P. The number of phosphoric ester groups is 1. The van der Waals surface area contributed by atoms with Gasteiger partial charge < -0.3 is 28.8 Å². The Hall–Kier alpha value is -2.58. The second-order valence-corrected chi connectivity index (χ2v) is 18.8. The number of likely N-dealkylation sites (N-methyl/N-ethyl adjacent to an activating group) is 1. The molecule has 0 bridgehead atoms. The van der Waals surface area contributed by atoms with Crippen molar-refractivity contribution in [2.24, 2.45) is 0 Å². The molecule has 0 heterocycles. The van der Waals surface area contributed by atoms with Crippen LogP contribution in [0.3, 0.4) is 0 Å². The number of quaternary nitrogens is 1. The second-order valence-electron chi connectivity index (χ2n) is 17.4. The zero-order valence-electron chi connectivity index (χ0n) is 40.3. The number of hydrogen-bond donors (Lipinski definition) is 2. The van der Waals surface area contributed by atoms with Crippen LogP contribution in [-0.4, -0.2) is 68.5 Å². The average molecular weight is 885 g/mol. The number of carbonyl (C=O) groups is 1. The minimum absolute atomic E-state index is 0.00865. The molecule has 0 aliphatic carbocycles. The van der Waals surface area contributed by atoms with Crippen LogP contribution in [0.2, 0.25) is 0 Å². The molecule has 3 unspecified atom stereocenters. The predicted octanol–water partition coefficient (Wildman–Crippen LogP) is 13.7. The lowest BCUT2D eigenvalue weighted by Gasteiger charge is -2.29. The number of amides is 1. The van der Waals surface area contributed by atoms with Gasteiger partial charge in [0.1, 0.15) is 13.2 Å². The maximum Gasteiger partial charge on any atom is 0.268 e. The van der Waals surface area contributed by atoms with Crippen LogP contribution >= 0.6 is 7.82 Å². The highest BCUT2D eigenvalue weighted by Crippen LogP contribution is 2.38. The fourth-order valence-corrected chi connectivity index (χ4v) is 7.15. The van der Waals surface area contributed by atoms with E-state index in [-0.39, 0.29) is 12.5 Å². The van der Waals surface area contributed by atoms with Crippen LogP contribution in [0, 0.1) is 0 Å². The predicted molar refractivity (Wildman–Crippen MR) is 265 cm³/mol. The number of nitrogens with zero attached hydrogens (tertiary/aromatic N) is 1. The Morgan fingerprint density at radius 2 is 0.984 bits per heavy atom. The van der Waals surface area contributed by atoms with Gasteiger partial charge in [0.2, 0.25) is 5.91 Å². The van der Waals surface area contributed by atoms with E-state index >= 15 is 0 Å². The first kappa shape index (κ1) is 59.4. The smallest absolute Gasteiger partial charge is 0.268 e. The number of hydrogen-bond acceptors (Lipinski definition) is 6. The molecule has 1 amide bonds. The van der Waals surface area contributed by atoms with Crippen molar-refractivity contribution in [3.8, 4) is 0 Å². The van der Waals surface area contributed by atoms with Gasteiger partial charge in [-0.3, -0.25) is 9.36 Å². The molecule has 0 aromatic heterocycles. The number of aliphatic hydroxyl groups excluding tert-OH is 1. The van der Waals surface area contributed by atoms with Gasteiger partial charge in [-0.15, -0.1) is 0 Å². The zero-order chi connectivity index (χ0) is 45.7. The normalized spacial score (nSPS) is 15.0. The van der Waals surface area contributed by atoms with Crippen molar-refractivity contribution in [3.05, 3.63) is 97.2 Å². The minimum atomic E-state index is -4.60. The molecule has 0 aromatic rings. The maximum absolute atomic E-state index is 12.9. The van der Waals surface area contributed by atoms with Crippen LogP contribution in [0.5, 0.6) is 0 Å². The standard InChI is InChI=1S/C53H93N2O6P/c1-6-8-10-12-14-16-18-19-20-21-22-23-24-25-26-27-28-29-30-31-32-33-34-35-37-39-41-43-45-47-53(57)54-51(50-61-62(58,59)60-49-48-55(3,4)5)52(56)46-44-42-40-38-36-17-15-13-11-9-7-2/h8,10,14,16,19-20,22-23,25-26,28-29,31-32,44,46,51-52,56H,6-7,9,11-13,15,17-18,21,24,27,30,33-43,45,47-50H2,1-5H3,(H-,54,57,58,59)/b10-8-,16-14-,20-19-,23-22-,26-25-,29-28-,32-31-,46-44+. The van der Waals surface area contributed by atoms with Crippen molar-refractivity contribution in [1.82, 2.24) is 5.32 Å². The summed E-state index contributed by atoms with van der Waals surface area (Å²) in [7, 11) is 1.24. The molecule has 0 fully saturated rings. The summed E-state index contributed by atoms with van der Waals surface area (Å²) in [6, 6.07) is -0.897. The van der Waals surface area contributed by atoms with E-state index in [2.05, 4.69) is 104 Å². The van der Waals surface area contributed by atoms with Gasteiger partial charge in [-0.05, 0) is 77.0 Å². The Bertz CT molecular complexity index is 1330. The van der Waals surface area contributed by atoms with Crippen molar-refractivity contribution < 1.29 is 32.9 Å². The molecule has 0 rings (SSSR count). The van der Waals surface area contributed by atoms with E-state index in [1.807, 2.05) is 27.2 Å². The second kappa shape index (κ2) is 43.7. The van der Waals surface area contributed by atoms with Crippen LogP contribution in [0.25, 0.3) is 0 Å². The summed E-state index contributed by atoms with van der Waals surface area (Å²) in [5, 5.41) is 13.8. The molecule has 62 heavy (non-hydrogen) atoms. The van der Waals surface area contributed by atoms with Crippen molar-refractivity contribution in [3.63, 3.8) is 0 Å². The van der Waals surface area contributed by atoms with Crippen LogP contribution < -0.4 is 10.2 Å². The van der Waals surface area contributed by atoms with Crippen molar-refractivity contribution >= 4 is 13.7 Å². The van der Waals surface area contributed by atoms with E-state index in [0.717, 1.165) is 96.3 Å². The third-order valence-corrected chi connectivity index (χ3v) is 11.3. The number of allylic oxidation sites excluding steroid dienone is 15. The molecule has 0 saturated carbocycles. The summed E-state index contributed by atoms with van der Waals surface area (Å²) >= 11 is 0. The van der Waals surface area contributed by atoms with Gasteiger partial charge in [0, 0.05) is 6.42 Å². The number of aliphatic hydroxyl groups is 1. The number of phosphoric acid groups is 1. The van der Waals surface area contributed by atoms with Gasteiger partial charge >= 0.3 is 0 Å². The largest absolute Gasteiger partial charge is 0.756 e. The van der Waals surface area contributed by atoms with E-state index < -0.39 is 26.6 Å². The highest BCUT2D eigenvalue weighted by molar-refractivity contribution is 7.45. The van der Waals surface area contributed by atoms with E-state index in [1.54, 1.807) is 6.08 Å². The maximum atomic E-state index is 12.9. The van der Waals surface area contributed by atoms with Crippen molar-refractivity contribution in [2.75, 3.05) is 40.9 Å². The van der Waals surface area contributed by atoms with E-state index in [9.17, 15) is 19.4 Å². The van der Waals surface area contributed by atoms with Crippen LogP contribution in [0.15, 0.2) is 97.2 Å². The van der Waals surface area contributed by atoms with Gasteiger partial charge in [-0.25, -0.2) is 0 Å². The number of nitrogens with one attached hydrogen (secondary N) is 1. The lowest BCUT2D eigenvalue weighted by atomic mass is 10.1. The SMILES string of the molecule is CC/C=C\C/C=C\C/C=C\C/C=C\C/C=C\C/C=C\C/C=C\CCCCCCCCCC(=O)NC(COP(=O)([O-])OCC[N+](C)(C)C)C(O)/C=C/CCCCCCCCCCC. The van der Waals surface area contributed by atoms with Gasteiger partial charge in [-0.2, -0.15) is 0 Å².